The third-order valence-electron chi connectivity index (χ3n) is 5.01. The van der Waals surface area contributed by atoms with Gasteiger partial charge < -0.3 is 16.3 Å². The highest BCUT2D eigenvalue weighted by Gasteiger charge is 2.44. The van der Waals surface area contributed by atoms with Gasteiger partial charge in [-0.15, -0.1) is 4.73 Å². The lowest BCUT2D eigenvalue weighted by atomic mass is 9.82. The molecule has 208 valence electrons. The van der Waals surface area contributed by atoms with Gasteiger partial charge in [0.15, 0.2) is 0 Å². The van der Waals surface area contributed by atoms with Gasteiger partial charge >= 0.3 is 17.7 Å². The number of guanidine groups is 1. The third-order valence-corrected chi connectivity index (χ3v) is 6.60. The minimum atomic E-state index is -5.56. The van der Waals surface area contributed by atoms with Gasteiger partial charge in [-0.25, -0.2) is 18.7 Å². The van der Waals surface area contributed by atoms with Crippen LogP contribution in [-0.2, 0) is 35.6 Å². The fourth-order valence-corrected chi connectivity index (χ4v) is 4.52. The topological polar surface area (TPSA) is 209 Å². The number of nitrogens with two attached hydrogens (primary N) is 2. The van der Waals surface area contributed by atoms with E-state index in [0.29, 0.717) is 0 Å². The molecule has 2 aromatic rings. The molecule has 18 heteroatoms. The van der Waals surface area contributed by atoms with Crippen LogP contribution in [0.15, 0.2) is 41.2 Å². The van der Waals surface area contributed by atoms with E-state index in [0.717, 1.165) is 19.1 Å². The Morgan fingerprint density at radius 2 is 1.79 bits per heavy atom. The number of carbonyl (C=O) groups is 2. The zero-order valence-corrected chi connectivity index (χ0v) is 21.0. The Labute approximate surface area is 218 Å². The molecule has 0 aliphatic carbocycles. The number of carbonyl (C=O) groups excluding carboxylic acids is 2. The smallest absolute Gasteiger partial charge is 0.369 e. The lowest BCUT2D eigenvalue weighted by Crippen LogP contribution is -2.48. The number of rotatable bonds is 11. The molecule has 1 aromatic carbocycles. The molecule has 0 fully saturated rings. The summed E-state index contributed by atoms with van der Waals surface area (Å²) in [5.74, 6) is -5.32. The molecule has 38 heavy (non-hydrogen) atoms. The summed E-state index contributed by atoms with van der Waals surface area (Å²) in [6, 6.07) is 7.61. The summed E-state index contributed by atoms with van der Waals surface area (Å²) in [5.41, 5.74) is 7.62. The predicted molar refractivity (Wildman–Crippen MR) is 128 cm³/mol. The standard InChI is InChI=1S/C20H22ClF3N6O7S/c1-19(16(25)32,8-9-36-28-18(26)27)14-7-6-13(15(31)30(14)37-17(33)20(22,23)24)29-38(34,35)10-11-4-2-3-5-12(11)21/h2-7,29H,8-10H2,1H3,(H2,25,32)(H4,26,27,28). The van der Waals surface area contributed by atoms with Crippen molar-refractivity contribution in [2.75, 3.05) is 11.3 Å². The molecule has 1 amide bonds. The number of anilines is 1. The van der Waals surface area contributed by atoms with Gasteiger partial charge in [-0.1, -0.05) is 29.8 Å². The van der Waals surface area contributed by atoms with Crippen LogP contribution < -0.4 is 32.1 Å². The molecule has 1 aromatic heterocycles. The van der Waals surface area contributed by atoms with E-state index in [-0.39, 0.29) is 15.3 Å². The zero-order valence-electron chi connectivity index (χ0n) is 19.5. The third kappa shape index (κ3) is 7.59. The molecule has 0 saturated heterocycles. The second-order valence-electron chi connectivity index (χ2n) is 7.87. The SMILES string of the molecule is CC(CCONC(=N)N)(C(N)=O)c1ccc(NS(=O)(=O)Cc2ccccc2Cl)c(=O)n1OC(=O)C(F)(F)F. The number of hydrogen-bond acceptors (Lipinski definition) is 8. The molecular weight excluding hydrogens is 561 g/mol. The normalized spacial score (nSPS) is 13.3. The average Bonchev–Trinajstić information content (AvgIpc) is 2.79. The Hall–Kier alpha value is -3.83. The number of primary amides is 1. The molecular formula is C20H22ClF3N6O7S. The first-order valence-corrected chi connectivity index (χ1v) is 12.3. The second-order valence-corrected chi connectivity index (χ2v) is 10.0. The van der Waals surface area contributed by atoms with Crippen LogP contribution in [0.25, 0.3) is 0 Å². The second kappa shape index (κ2) is 11.7. The van der Waals surface area contributed by atoms with Crippen molar-refractivity contribution in [3.63, 3.8) is 0 Å². The largest absolute Gasteiger partial charge is 0.493 e. The van der Waals surface area contributed by atoms with Crippen LogP contribution in [0.1, 0.15) is 24.6 Å². The summed E-state index contributed by atoms with van der Waals surface area (Å²) in [6.07, 6.45) is -5.98. The number of nitrogens with zero attached hydrogens (tertiary/aromatic N) is 1. The van der Waals surface area contributed by atoms with Crippen LogP contribution in [0.2, 0.25) is 5.02 Å². The maximum atomic E-state index is 13.1. The predicted octanol–water partition coefficient (Wildman–Crippen LogP) is 0.509. The summed E-state index contributed by atoms with van der Waals surface area (Å²) in [4.78, 5) is 46.1. The van der Waals surface area contributed by atoms with Gasteiger partial charge in [0.1, 0.15) is 5.69 Å². The van der Waals surface area contributed by atoms with Crippen molar-refractivity contribution in [3.8, 4) is 0 Å². The van der Waals surface area contributed by atoms with Gasteiger partial charge in [0.2, 0.25) is 21.9 Å². The molecule has 1 heterocycles. The number of aromatic nitrogens is 1. The molecule has 0 aliphatic rings. The van der Waals surface area contributed by atoms with Crippen molar-refractivity contribution < 1.29 is 40.9 Å². The fraction of sp³-hybridized carbons (Fsp3) is 0.300. The highest BCUT2D eigenvalue weighted by molar-refractivity contribution is 7.91. The number of benzene rings is 1. The first-order chi connectivity index (χ1) is 17.5. The Morgan fingerprint density at radius 1 is 1.16 bits per heavy atom. The monoisotopic (exact) mass is 582 g/mol. The Balaban J connectivity index is 2.56. The van der Waals surface area contributed by atoms with E-state index in [1.54, 1.807) is 6.07 Å². The summed E-state index contributed by atoms with van der Waals surface area (Å²) in [5, 5.41) is 7.13. The van der Waals surface area contributed by atoms with Crippen molar-refractivity contribution in [3.05, 3.63) is 63.0 Å². The average molecular weight is 583 g/mol. The number of hydroxylamine groups is 1. The van der Waals surface area contributed by atoms with Gasteiger partial charge in [0.05, 0.1) is 23.5 Å². The minimum Gasteiger partial charge on any atom is -0.369 e. The molecule has 2 rings (SSSR count). The van der Waals surface area contributed by atoms with Crippen LogP contribution >= 0.6 is 11.6 Å². The van der Waals surface area contributed by atoms with Crippen molar-refractivity contribution in [2.24, 2.45) is 11.5 Å². The van der Waals surface area contributed by atoms with Gasteiger partial charge in [-0.2, -0.15) is 13.2 Å². The summed E-state index contributed by atoms with van der Waals surface area (Å²) >= 11 is 5.96. The van der Waals surface area contributed by atoms with E-state index >= 15 is 0 Å². The van der Waals surface area contributed by atoms with Crippen LogP contribution in [-0.4, -0.2) is 43.8 Å². The molecule has 7 N–H and O–H groups in total. The molecule has 0 saturated carbocycles. The van der Waals surface area contributed by atoms with Crippen molar-refractivity contribution in [1.29, 1.82) is 5.41 Å². The van der Waals surface area contributed by atoms with E-state index in [1.165, 1.54) is 18.2 Å². The Kier molecular flexibility index (Phi) is 9.36. The fourth-order valence-electron chi connectivity index (χ4n) is 3.02. The summed E-state index contributed by atoms with van der Waals surface area (Å²) < 4.78 is 65.9. The number of pyridine rings is 1. The lowest BCUT2D eigenvalue weighted by molar-refractivity contribution is -0.200. The van der Waals surface area contributed by atoms with E-state index in [2.05, 4.69) is 4.84 Å². The van der Waals surface area contributed by atoms with Crippen LogP contribution in [0.3, 0.4) is 0 Å². The van der Waals surface area contributed by atoms with E-state index in [4.69, 9.17) is 33.3 Å². The molecule has 13 nitrogen and oxygen atoms in total. The van der Waals surface area contributed by atoms with E-state index in [9.17, 15) is 36.0 Å². The van der Waals surface area contributed by atoms with E-state index < -0.39 is 75.2 Å². The van der Waals surface area contributed by atoms with Gasteiger partial charge in [-0.05, 0) is 37.1 Å². The van der Waals surface area contributed by atoms with Crippen molar-refractivity contribution in [2.45, 2.75) is 30.7 Å². The Morgan fingerprint density at radius 3 is 2.34 bits per heavy atom. The van der Waals surface area contributed by atoms with E-state index in [1.807, 2.05) is 10.2 Å². The Bertz CT molecular complexity index is 1400. The van der Waals surface area contributed by atoms with Gasteiger partial charge in [-0.3, -0.25) is 24.6 Å². The highest BCUT2D eigenvalue weighted by atomic mass is 35.5. The highest BCUT2D eigenvalue weighted by Crippen LogP contribution is 2.28. The molecule has 0 bridgehead atoms. The van der Waals surface area contributed by atoms with Crippen LogP contribution in [0.4, 0.5) is 18.9 Å². The van der Waals surface area contributed by atoms with Crippen molar-refractivity contribution in [1.82, 2.24) is 10.2 Å². The van der Waals surface area contributed by atoms with Crippen LogP contribution in [0.5, 0.6) is 0 Å². The summed E-state index contributed by atoms with van der Waals surface area (Å²) in [7, 11) is -4.36. The quantitative estimate of drug-likeness (QED) is 0.108. The molecule has 0 aliphatic heterocycles. The number of hydrogen-bond donors (Lipinski definition) is 5. The molecule has 1 atom stereocenters. The number of halogens is 4. The molecule has 0 radical (unpaired) electrons. The zero-order chi connectivity index (χ0) is 28.9. The minimum absolute atomic E-state index is 0.100. The molecule has 0 spiro atoms. The first kappa shape index (κ1) is 30.4. The number of nitrogens with one attached hydrogen (secondary N) is 3. The molecule has 1 unspecified atom stereocenters. The number of sulfonamides is 1. The number of amides is 1. The maximum absolute atomic E-state index is 13.1. The van der Waals surface area contributed by atoms with Gasteiger partial charge in [0, 0.05) is 5.02 Å². The van der Waals surface area contributed by atoms with Crippen molar-refractivity contribution >= 4 is 45.1 Å². The van der Waals surface area contributed by atoms with Gasteiger partial charge in [0.25, 0.3) is 0 Å². The summed E-state index contributed by atoms with van der Waals surface area (Å²) in [6.45, 7) is 0.701. The maximum Gasteiger partial charge on any atom is 0.493 e. The van der Waals surface area contributed by atoms with Crippen LogP contribution in [0, 0.1) is 5.41 Å². The first-order valence-electron chi connectivity index (χ1n) is 10.3. The number of alkyl halides is 3. The lowest BCUT2D eigenvalue weighted by Gasteiger charge is -2.28.